The summed E-state index contributed by atoms with van der Waals surface area (Å²) in [6.07, 6.45) is -3.83. The Morgan fingerprint density at radius 2 is 1.84 bits per heavy atom. The van der Waals surface area contributed by atoms with Crippen molar-refractivity contribution in [1.82, 2.24) is 15.3 Å². The van der Waals surface area contributed by atoms with Gasteiger partial charge in [-0.25, -0.2) is 9.37 Å². The summed E-state index contributed by atoms with van der Waals surface area (Å²) in [7, 11) is 0. The number of anilines is 1. The Kier molecular flexibility index (Phi) is 7.80. The number of carbonyl (C=O) groups excluding carboxylic acids is 1. The molecule has 0 bridgehead atoms. The molecule has 37 heavy (non-hydrogen) atoms. The van der Waals surface area contributed by atoms with E-state index in [1.165, 1.54) is 6.92 Å². The topological polar surface area (TPSA) is 78.1 Å². The van der Waals surface area contributed by atoms with Crippen LogP contribution in [0.1, 0.15) is 29.7 Å². The van der Waals surface area contributed by atoms with Gasteiger partial charge < -0.3 is 15.2 Å². The van der Waals surface area contributed by atoms with Gasteiger partial charge in [-0.2, -0.15) is 13.2 Å². The second-order valence-electron chi connectivity index (χ2n) is 8.77. The molecular weight excluding hydrogens is 535 g/mol. The first kappa shape index (κ1) is 26.9. The van der Waals surface area contributed by atoms with E-state index in [0.717, 1.165) is 23.9 Å². The molecule has 1 fully saturated rings. The number of hydrogen-bond donors (Lipinski definition) is 2. The zero-order valence-corrected chi connectivity index (χ0v) is 21.1. The summed E-state index contributed by atoms with van der Waals surface area (Å²) < 4.78 is 56.2. The van der Waals surface area contributed by atoms with Crippen molar-refractivity contribution in [3.63, 3.8) is 0 Å². The fourth-order valence-electron chi connectivity index (χ4n) is 4.33. The molecule has 1 aliphatic heterocycles. The summed E-state index contributed by atoms with van der Waals surface area (Å²) in [5.74, 6) is -2.40. The highest BCUT2D eigenvalue weighted by atomic mass is 35.5. The number of hydrogen-bond acceptors (Lipinski definition) is 4. The van der Waals surface area contributed by atoms with E-state index in [1.54, 1.807) is 12.1 Å². The number of aromatic nitrogens is 2. The first-order valence-corrected chi connectivity index (χ1v) is 12.1. The SMILES string of the molecule is Cc1cc(=O)[nH]c(-c2c(C(F)(F)F)ccc(CNC(=O)C3CCN(c4ccc(Cl)c(Cl)c4)CC3)c2F)n1. The molecule has 0 aliphatic carbocycles. The number of carbonyl (C=O) groups is 1. The van der Waals surface area contributed by atoms with E-state index in [9.17, 15) is 22.8 Å². The minimum Gasteiger partial charge on any atom is -0.371 e. The zero-order valence-electron chi connectivity index (χ0n) is 19.6. The monoisotopic (exact) mass is 556 g/mol. The number of nitrogens with one attached hydrogen (secondary N) is 2. The Hall–Kier alpha value is -3.11. The molecule has 1 aliphatic rings. The third-order valence-electron chi connectivity index (χ3n) is 6.22. The molecule has 1 amide bonds. The molecule has 2 heterocycles. The molecule has 1 saturated heterocycles. The van der Waals surface area contributed by atoms with Crippen LogP contribution in [0.15, 0.2) is 41.2 Å². The van der Waals surface area contributed by atoms with Crippen LogP contribution in [0, 0.1) is 18.7 Å². The van der Waals surface area contributed by atoms with Crippen molar-refractivity contribution >= 4 is 34.8 Å². The van der Waals surface area contributed by atoms with Gasteiger partial charge in [-0.3, -0.25) is 9.59 Å². The Balaban J connectivity index is 1.48. The lowest BCUT2D eigenvalue weighted by atomic mass is 9.95. The minimum atomic E-state index is -4.89. The summed E-state index contributed by atoms with van der Waals surface area (Å²) in [5.41, 5.74) is -1.99. The van der Waals surface area contributed by atoms with Gasteiger partial charge in [-0.15, -0.1) is 0 Å². The van der Waals surface area contributed by atoms with E-state index in [-0.39, 0.29) is 29.6 Å². The van der Waals surface area contributed by atoms with Crippen LogP contribution in [0.5, 0.6) is 0 Å². The Morgan fingerprint density at radius 3 is 2.46 bits per heavy atom. The molecular formula is C25H22Cl2F4N4O2. The average Bonchev–Trinajstić information content (AvgIpc) is 2.83. The molecule has 0 saturated carbocycles. The number of rotatable bonds is 5. The number of aryl methyl sites for hydroxylation is 1. The maximum absolute atomic E-state index is 15.4. The molecule has 4 rings (SSSR count). The van der Waals surface area contributed by atoms with Crippen molar-refractivity contribution in [2.24, 2.45) is 5.92 Å². The number of benzene rings is 2. The summed E-state index contributed by atoms with van der Waals surface area (Å²) in [5, 5.41) is 3.51. The molecule has 0 unspecified atom stereocenters. The highest BCUT2D eigenvalue weighted by Gasteiger charge is 2.37. The van der Waals surface area contributed by atoms with Crippen LogP contribution < -0.4 is 15.8 Å². The van der Waals surface area contributed by atoms with E-state index >= 15 is 4.39 Å². The number of nitrogens with zero attached hydrogens (tertiary/aromatic N) is 2. The van der Waals surface area contributed by atoms with Gasteiger partial charge in [-0.1, -0.05) is 29.3 Å². The van der Waals surface area contributed by atoms with Gasteiger partial charge in [0, 0.05) is 48.6 Å². The van der Waals surface area contributed by atoms with Crippen molar-refractivity contribution in [3.05, 3.63) is 79.4 Å². The largest absolute Gasteiger partial charge is 0.417 e. The molecule has 2 aromatic carbocycles. The Labute approximate surface area is 219 Å². The molecule has 196 valence electrons. The second kappa shape index (κ2) is 10.7. The van der Waals surface area contributed by atoms with Crippen molar-refractivity contribution in [2.45, 2.75) is 32.5 Å². The number of aromatic amines is 1. The molecule has 1 aromatic heterocycles. The van der Waals surface area contributed by atoms with Crippen LogP contribution >= 0.6 is 23.2 Å². The van der Waals surface area contributed by atoms with E-state index in [2.05, 4.69) is 20.2 Å². The van der Waals surface area contributed by atoms with Crippen LogP contribution in [0.25, 0.3) is 11.4 Å². The first-order valence-electron chi connectivity index (χ1n) is 11.4. The summed E-state index contributed by atoms with van der Waals surface area (Å²) in [6, 6.07) is 8.08. The standard InChI is InChI=1S/C25H22Cl2F4N4O2/c1-13-10-20(36)34-23(33-13)21-17(25(29,30)31)4-2-15(22(21)28)12-32-24(37)14-6-8-35(9-7-14)16-3-5-18(26)19(27)11-16/h2-5,10-11,14H,6-9,12H2,1H3,(H,32,37)(H,33,34,36). The van der Waals surface area contributed by atoms with E-state index < -0.39 is 34.5 Å². The van der Waals surface area contributed by atoms with Crippen molar-refractivity contribution < 1.29 is 22.4 Å². The molecule has 0 radical (unpaired) electrons. The van der Waals surface area contributed by atoms with Crippen LogP contribution in [-0.4, -0.2) is 29.0 Å². The van der Waals surface area contributed by atoms with Crippen molar-refractivity contribution in [1.29, 1.82) is 0 Å². The zero-order chi connectivity index (χ0) is 26.9. The number of H-pyrrole nitrogens is 1. The number of alkyl halides is 3. The summed E-state index contributed by atoms with van der Waals surface area (Å²) >= 11 is 12.1. The predicted octanol–water partition coefficient (Wildman–Crippen LogP) is 5.74. The molecule has 2 N–H and O–H groups in total. The third kappa shape index (κ3) is 6.07. The molecule has 0 spiro atoms. The maximum Gasteiger partial charge on any atom is 0.417 e. The molecule has 0 atom stereocenters. The average molecular weight is 557 g/mol. The Bertz CT molecular complexity index is 1390. The van der Waals surface area contributed by atoms with Gasteiger partial charge in [0.25, 0.3) is 5.56 Å². The molecule has 6 nitrogen and oxygen atoms in total. The fraction of sp³-hybridized carbons (Fsp3) is 0.320. The molecule has 12 heteroatoms. The normalized spacial score (nSPS) is 14.6. The lowest BCUT2D eigenvalue weighted by Gasteiger charge is -2.33. The first-order chi connectivity index (χ1) is 17.4. The van der Waals surface area contributed by atoms with E-state index in [1.807, 2.05) is 6.07 Å². The smallest absolute Gasteiger partial charge is 0.371 e. The van der Waals surface area contributed by atoms with Crippen LogP contribution in [0.2, 0.25) is 10.0 Å². The van der Waals surface area contributed by atoms with Crippen LogP contribution in [0.4, 0.5) is 23.2 Å². The third-order valence-corrected chi connectivity index (χ3v) is 6.96. The lowest BCUT2D eigenvalue weighted by molar-refractivity contribution is -0.137. The lowest BCUT2D eigenvalue weighted by Crippen LogP contribution is -2.40. The van der Waals surface area contributed by atoms with E-state index in [0.29, 0.717) is 36.0 Å². The summed E-state index contributed by atoms with van der Waals surface area (Å²) in [4.78, 5) is 32.7. The number of amides is 1. The minimum absolute atomic E-state index is 0.136. The fourth-order valence-corrected chi connectivity index (χ4v) is 4.62. The Morgan fingerprint density at radius 1 is 1.14 bits per heavy atom. The quantitative estimate of drug-likeness (QED) is 0.392. The van der Waals surface area contributed by atoms with Gasteiger partial charge in [0.05, 0.1) is 21.2 Å². The summed E-state index contributed by atoms with van der Waals surface area (Å²) in [6.45, 7) is 2.27. The number of halogens is 6. The van der Waals surface area contributed by atoms with Crippen LogP contribution in [-0.2, 0) is 17.5 Å². The highest BCUT2D eigenvalue weighted by Crippen LogP contribution is 2.38. The van der Waals surface area contributed by atoms with Crippen molar-refractivity contribution in [3.8, 4) is 11.4 Å². The van der Waals surface area contributed by atoms with Crippen molar-refractivity contribution in [2.75, 3.05) is 18.0 Å². The maximum atomic E-state index is 15.4. The van der Waals surface area contributed by atoms with E-state index in [4.69, 9.17) is 23.2 Å². The predicted molar refractivity (Wildman–Crippen MR) is 133 cm³/mol. The van der Waals surface area contributed by atoms with Gasteiger partial charge in [-0.05, 0) is 44.0 Å². The van der Waals surface area contributed by atoms with Gasteiger partial charge in [0.1, 0.15) is 11.6 Å². The van der Waals surface area contributed by atoms with Gasteiger partial charge in [0.15, 0.2) is 0 Å². The highest BCUT2D eigenvalue weighted by molar-refractivity contribution is 6.42. The van der Waals surface area contributed by atoms with Crippen LogP contribution in [0.3, 0.4) is 0 Å². The molecule has 3 aromatic rings. The van der Waals surface area contributed by atoms with Gasteiger partial charge in [0.2, 0.25) is 5.91 Å². The second-order valence-corrected chi connectivity index (χ2v) is 9.59. The number of piperidine rings is 1. The van der Waals surface area contributed by atoms with Gasteiger partial charge >= 0.3 is 6.18 Å².